The van der Waals surface area contributed by atoms with Gasteiger partial charge in [-0.25, -0.2) is 13.1 Å². The van der Waals surface area contributed by atoms with Gasteiger partial charge in [-0.2, -0.15) is 0 Å². The number of benzene rings is 1. The molecule has 0 saturated heterocycles. The van der Waals surface area contributed by atoms with E-state index in [1.807, 2.05) is 12.1 Å². The molecule has 0 atom stereocenters. The van der Waals surface area contributed by atoms with Gasteiger partial charge in [-0.15, -0.1) is 11.3 Å². The van der Waals surface area contributed by atoms with Crippen molar-refractivity contribution in [1.29, 1.82) is 0 Å². The van der Waals surface area contributed by atoms with Crippen molar-refractivity contribution in [3.05, 3.63) is 46.8 Å². The maximum atomic E-state index is 12.1. The molecule has 0 spiro atoms. The molecule has 0 amide bonds. The van der Waals surface area contributed by atoms with Crippen LogP contribution >= 0.6 is 11.3 Å². The highest BCUT2D eigenvalue weighted by molar-refractivity contribution is 7.91. The van der Waals surface area contributed by atoms with E-state index < -0.39 is 10.0 Å². The molecule has 20 heavy (non-hydrogen) atoms. The zero-order chi connectivity index (χ0) is 14.6. The van der Waals surface area contributed by atoms with E-state index in [9.17, 15) is 8.42 Å². The molecule has 1 heterocycles. The van der Waals surface area contributed by atoms with Crippen molar-refractivity contribution in [2.24, 2.45) is 0 Å². The summed E-state index contributed by atoms with van der Waals surface area (Å²) in [6.45, 7) is -0.00853. The minimum Gasteiger partial charge on any atom is -0.496 e. The Morgan fingerprint density at radius 1 is 1.25 bits per heavy atom. The van der Waals surface area contributed by atoms with E-state index in [0.717, 1.165) is 16.9 Å². The lowest BCUT2D eigenvalue weighted by molar-refractivity contribution is 0.285. The van der Waals surface area contributed by atoms with E-state index in [-0.39, 0.29) is 17.4 Å². The summed E-state index contributed by atoms with van der Waals surface area (Å²) in [5.74, 6) is 0.637. The molecular weight excluding hydrogens is 298 g/mol. The lowest BCUT2D eigenvalue weighted by atomic mass is 10.2. The van der Waals surface area contributed by atoms with E-state index in [4.69, 9.17) is 9.84 Å². The molecule has 0 saturated carbocycles. The van der Waals surface area contributed by atoms with Crippen LogP contribution < -0.4 is 9.46 Å². The number of ether oxygens (including phenoxy) is 1. The molecule has 7 heteroatoms. The zero-order valence-electron chi connectivity index (χ0n) is 10.9. The van der Waals surface area contributed by atoms with Crippen molar-refractivity contribution in [1.82, 2.24) is 4.72 Å². The van der Waals surface area contributed by atoms with Gasteiger partial charge in [-0.1, -0.05) is 18.2 Å². The third-order valence-electron chi connectivity index (χ3n) is 2.70. The molecule has 0 bridgehead atoms. The molecule has 2 N–H and O–H groups in total. The van der Waals surface area contributed by atoms with Crippen molar-refractivity contribution >= 4 is 21.4 Å². The van der Waals surface area contributed by atoms with Crippen LogP contribution in [0.5, 0.6) is 5.75 Å². The fraction of sp³-hybridized carbons (Fsp3) is 0.231. The van der Waals surface area contributed by atoms with Crippen LogP contribution in [0.2, 0.25) is 0 Å². The number of sulfonamides is 1. The largest absolute Gasteiger partial charge is 0.496 e. The summed E-state index contributed by atoms with van der Waals surface area (Å²) >= 11 is 1.05. The van der Waals surface area contributed by atoms with Crippen LogP contribution in [0.25, 0.3) is 0 Å². The molecule has 2 aromatic rings. The summed E-state index contributed by atoms with van der Waals surface area (Å²) in [4.78, 5) is 0.614. The van der Waals surface area contributed by atoms with Gasteiger partial charge < -0.3 is 9.84 Å². The number of hydrogen-bond acceptors (Lipinski definition) is 5. The molecule has 1 aromatic heterocycles. The molecular formula is C13H15NO4S2. The molecule has 108 valence electrons. The first kappa shape index (κ1) is 15.0. The molecule has 0 aliphatic heterocycles. The van der Waals surface area contributed by atoms with Crippen LogP contribution in [-0.4, -0.2) is 20.6 Å². The highest BCUT2D eigenvalue weighted by atomic mass is 32.2. The van der Waals surface area contributed by atoms with E-state index in [1.54, 1.807) is 25.3 Å². The second-order valence-electron chi connectivity index (χ2n) is 4.02. The molecule has 0 radical (unpaired) electrons. The Morgan fingerprint density at radius 3 is 2.65 bits per heavy atom. The zero-order valence-corrected chi connectivity index (χ0v) is 12.5. The predicted octanol–water partition coefficient (Wildman–Crippen LogP) is 1.73. The van der Waals surface area contributed by atoms with Gasteiger partial charge in [0.1, 0.15) is 9.96 Å². The average molecular weight is 313 g/mol. The second-order valence-corrected chi connectivity index (χ2v) is 7.18. The summed E-state index contributed by atoms with van der Waals surface area (Å²) in [5.41, 5.74) is 0.762. The lowest BCUT2D eigenvalue weighted by Gasteiger charge is -2.09. The standard InChI is InChI=1S/C13H15NO4S2/c1-18-12-5-3-2-4-10(12)8-14-20(16,17)13-7-6-11(9-15)19-13/h2-7,14-15H,8-9H2,1H3. The number of thiophene rings is 1. The summed E-state index contributed by atoms with van der Waals surface area (Å²) in [5, 5.41) is 8.97. The van der Waals surface area contributed by atoms with E-state index in [1.165, 1.54) is 6.07 Å². The average Bonchev–Trinajstić information content (AvgIpc) is 2.95. The Morgan fingerprint density at radius 2 is 2.00 bits per heavy atom. The lowest BCUT2D eigenvalue weighted by Crippen LogP contribution is -2.22. The third kappa shape index (κ3) is 3.37. The van der Waals surface area contributed by atoms with Crippen molar-refractivity contribution in [2.45, 2.75) is 17.4 Å². The van der Waals surface area contributed by atoms with Gasteiger partial charge >= 0.3 is 0 Å². The van der Waals surface area contributed by atoms with Crippen molar-refractivity contribution < 1.29 is 18.3 Å². The second kappa shape index (κ2) is 6.36. The van der Waals surface area contributed by atoms with Gasteiger partial charge in [0.25, 0.3) is 0 Å². The van der Waals surface area contributed by atoms with Crippen molar-refractivity contribution in [3.8, 4) is 5.75 Å². The Kier molecular flexibility index (Phi) is 4.77. The molecule has 0 aliphatic rings. The fourth-order valence-corrected chi connectivity index (χ4v) is 3.95. The number of rotatable bonds is 6. The summed E-state index contributed by atoms with van der Waals surface area (Å²) in [6.07, 6.45) is 0. The molecule has 0 unspecified atom stereocenters. The van der Waals surface area contributed by atoms with Crippen LogP contribution in [0.4, 0.5) is 0 Å². The quantitative estimate of drug-likeness (QED) is 0.851. The van der Waals surface area contributed by atoms with Gasteiger partial charge in [-0.3, -0.25) is 0 Å². The molecule has 2 rings (SSSR count). The van der Waals surface area contributed by atoms with Crippen LogP contribution in [-0.2, 0) is 23.2 Å². The smallest absolute Gasteiger partial charge is 0.250 e. The fourth-order valence-electron chi connectivity index (χ4n) is 1.68. The Labute approximate surface area is 121 Å². The monoisotopic (exact) mass is 313 g/mol. The number of para-hydroxylation sites is 1. The van der Waals surface area contributed by atoms with Crippen molar-refractivity contribution in [3.63, 3.8) is 0 Å². The van der Waals surface area contributed by atoms with Crippen LogP contribution in [0, 0.1) is 0 Å². The number of hydrogen-bond donors (Lipinski definition) is 2. The van der Waals surface area contributed by atoms with E-state index >= 15 is 0 Å². The number of aliphatic hydroxyl groups excluding tert-OH is 1. The normalized spacial score (nSPS) is 11.5. The first-order chi connectivity index (χ1) is 9.56. The van der Waals surface area contributed by atoms with Gasteiger partial charge in [0.05, 0.1) is 13.7 Å². The summed E-state index contributed by atoms with van der Waals surface area (Å²) < 4.78 is 32.1. The highest BCUT2D eigenvalue weighted by Gasteiger charge is 2.17. The Hall–Kier alpha value is -1.41. The summed E-state index contributed by atoms with van der Waals surface area (Å²) in [6, 6.07) is 10.3. The molecule has 0 aliphatic carbocycles. The minimum atomic E-state index is -3.57. The molecule has 1 aromatic carbocycles. The number of methoxy groups -OCH3 is 1. The molecule has 0 fully saturated rings. The van der Waals surface area contributed by atoms with Crippen molar-refractivity contribution in [2.75, 3.05) is 7.11 Å². The van der Waals surface area contributed by atoms with Crippen LogP contribution in [0.3, 0.4) is 0 Å². The Balaban J connectivity index is 2.13. The van der Waals surface area contributed by atoms with E-state index in [2.05, 4.69) is 4.72 Å². The first-order valence-electron chi connectivity index (χ1n) is 5.88. The SMILES string of the molecule is COc1ccccc1CNS(=O)(=O)c1ccc(CO)s1. The minimum absolute atomic E-state index is 0.151. The van der Waals surface area contributed by atoms with Gasteiger partial charge in [0.2, 0.25) is 10.0 Å². The first-order valence-corrected chi connectivity index (χ1v) is 8.18. The van der Waals surface area contributed by atoms with Crippen LogP contribution in [0.1, 0.15) is 10.4 Å². The maximum absolute atomic E-state index is 12.1. The van der Waals surface area contributed by atoms with E-state index in [0.29, 0.717) is 10.6 Å². The van der Waals surface area contributed by atoms with Gasteiger partial charge in [0, 0.05) is 17.0 Å². The topological polar surface area (TPSA) is 75.6 Å². The molecule has 5 nitrogen and oxygen atoms in total. The third-order valence-corrected chi connectivity index (χ3v) is 5.67. The van der Waals surface area contributed by atoms with Crippen LogP contribution in [0.15, 0.2) is 40.6 Å². The highest BCUT2D eigenvalue weighted by Crippen LogP contribution is 2.22. The summed E-state index contributed by atoms with van der Waals surface area (Å²) in [7, 11) is -2.03. The van der Waals surface area contributed by atoms with Gasteiger partial charge in [0.15, 0.2) is 0 Å². The number of aliphatic hydroxyl groups is 1. The Bertz CT molecular complexity index is 679. The maximum Gasteiger partial charge on any atom is 0.250 e. The number of nitrogens with one attached hydrogen (secondary N) is 1. The van der Waals surface area contributed by atoms with Gasteiger partial charge in [-0.05, 0) is 18.2 Å². The predicted molar refractivity (Wildman–Crippen MR) is 77.3 cm³/mol.